The van der Waals surface area contributed by atoms with Crippen molar-refractivity contribution < 1.29 is 14.3 Å². The second-order valence-electron chi connectivity index (χ2n) is 8.14. The van der Waals surface area contributed by atoms with Crippen LogP contribution in [0.25, 0.3) is 22.0 Å². The van der Waals surface area contributed by atoms with Gasteiger partial charge in [0.25, 0.3) is 5.91 Å². The van der Waals surface area contributed by atoms with E-state index in [0.29, 0.717) is 24.6 Å². The van der Waals surface area contributed by atoms with Gasteiger partial charge in [-0.25, -0.2) is 9.36 Å². The van der Waals surface area contributed by atoms with Crippen molar-refractivity contribution in [1.82, 2.24) is 4.57 Å². The van der Waals surface area contributed by atoms with Gasteiger partial charge in [0, 0.05) is 34.8 Å². The lowest BCUT2D eigenvalue weighted by atomic mass is 9.94. The first-order chi connectivity index (χ1) is 14.6. The highest BCUT2D eigenvalue weighted by Crippen LogP contribution is 2.38. The summed E-state index contributed by atoms with van der Waals surface area (Å²) in [7, 11) is 0. The van der Waals surface area contributed by atoms with Gasteiger partial charge < -0.3 is 15.8 Å². The average molecular weight is 403 g/mol. The predicted octanol–water partition coefficient (Wildman–Crippen LogP) is 4.69. The number of aromatic nitrogens is 1. The van der Waals surface area contributed by atoms with Crippen molar-refractivity contribution in [3.05, 3.63) is 53.7 Å². The Balaban J connectivity index is 1.66. The van der Waals surface area contributed by atoms with Crippen LogP contribution < -0.4 is 11.1 Å². The molecule has 3 aromatic rings. The van der Waals surface area contributed by atoms with Crippen LogP contribution in [-0.2, 0) is 11.2 Å². The molecule has 1 aromatic heterocycles. The van der Waals surface area contributed by atoms with E-state index in [-0.39, 0.29) is 6.09 Å². The fourth-order valence-electron chi connectivity index (χ4n) is 4.86. The number of rotatable bonds is 4. The van der Waals surface area contributed by atoms with Gasteiger partial charge >= 0.3 is 6.09 Å². The standard InChI is InChI=1S/C24H25N3O3/c25-23(28)17-11-10-15(14-19(17)26-16-6-2-1-3-7-16)22-18-8-4-5-9-20(18)27-21(22)12-13-30-24(27)29/h4-5,8-11,14,16,26H,1-3,6-7,12-13H2,(H2,25,28). The fourth-order valence-corrected chi connectivity index (χ4v) is 4.86. The van der Waals surface area contributed by atoms with E-state index in [4.69, 9.17) is 10.5 Å². The van der Waals surface area contributed by atoms with Crippen LogP contribution in [0.1, 0.15) is 48.2 Å². The Labute approximate surface area is 175 Å². The lowest BCUT2D eigenvalue weighted by Crippen LogP contribution is -2.25. The van der Waals surface area contributed by atoms with E-state index in [9.17, 15) is 9.59 Å². The van der Waals surface area contributed by atoms with Gasteiger partial charge in [0.15, 0.2) is 0 Å². The Morgan fingerprint density at radius 1 is 1.10 bits per heavy atom. The highest BCUT2D eigenvalue weighted by Gasteiger charge is 2.27. The van der Waals surface area contributed by atoms with Gasteiger partial charge in [-0.2, -0.15) is 0 Å². The summed E-state index contributed by atoms with van der Waals surface area (Å²) < 4.78 is 6.96. The lowest BCUT2D eigenvalue weighted by Gasteiger charge is -2.25. The number of anilines is 1. The summed E-state index contributed by atoms with van der Waals surface area (Å²) in [5.74, 6) is -0.438. The second-order valence-corrected chi connectivity index (χ2v) is 8.14. The van der Waals surface area contributed by atoms with Crippen molar-refractivity contribution in [3.8, 4) is 11.1 Å². The van der Waals surface area contributed by atoms with Gasteiger partial charge in [0.05, 0.1) is 17.7 Å². The zero-order valence-corrected chi connectivity index (χ0v) is 16.8. The molecule has 3 N–H and O–H groups in total. The van der Waals surface area contributed by atoms with E-state index in [1.165, 1.54) is 19.3 Å². The van der Waals surface area contributed by atoms with E-state index >= 15 is 0 Å². The third-order valence-electron chi connectivity index (χ3n) is 6.26. The van der Waals surface area contributed by atoms with Crippen molar-refractivity contribution in [3.63, 3.8) is 0 Å². The minimum atomic E-state index is -0.438. The second kappa shape index (κ2) is 7.52. The third kappa shape index (κ3) is 3.12. The fraction of sp³-hybridized carbons (Fsp3) is 0.333. The van der Waals surface area contributed by atoms with Crippen LogP contribution in [-0.4, -0.2) is 29.2 Å². The molecule has 0 spiro atoms. The number of hydrogen-bond donors (Lipinski definition) is 2. The number of carbonyl (C=O) groups is 2. The van der Waals surface area contributed by atoms with Crippen LogP contribution in [0.4, 0.5) is 10.5 Å². The van der Waals surface area contributed by atoms with Gasteiger partial charge in [-0.05, 0) is 36.6 Å². The molecule has 30 heavy (non-hydrogen) atoms. The minimum absolute atomic E-state index is 0.340. The molecular weight excluding hydrogens is 378 g/mol. The summed E-state index contributed by atoms with van der Waals surface area (Å²) in [6, 6.07) is 13.9. The number of hydrogen-bond acceptors (Lipinski definition) is 4. The number of cyclic esters (lactones) is 1. The summed E-state index contributed by atoms with van der Waals surface area (Å²) in [6.07, 6.45) is 6.16. The summed E-state index contributed by atoms with van der Waals surface area (Å²) in [5.41, 5.74) is 10.7. The molecule has 1 aliphatic carbocycles. The van der Waals surface area contributed by atoms with Gasteiger partial charge in [0.2, 0.25) is 0 Å². The Hall–Kier alpha value is -3.28. The van der Waals surface area contributed by atoms with Gasteiger partial charge in [-0.15, -0.1) is 0 Å². The van der Waals surface area contributed by atoms with E-state index in [2.05, 4.69) is 5.32 Å². The third-order valence-corrected chi connectivity index (χ3v) is 6.26. The van der Waals surface area contributed by atoms with Gasteiger partial charge in [0.1, 0.15) is 0 Å². The largest absolute Gasteiger partial charge is 0.448 e. The topological polar surface area (TPSA) is 86.4 Å². The Morgan fingerprint density at radius 2 is 1.90 bits per heavy atom. The predicted molar refractivity (Wildman–Crippen MR) is 117 cm³/mol. The van der Waals surface area contributed by atoms with Crippen molar-refractivity contribution in [2.24, 2.45) is 5.73 Å². The molecule has 2 heterocycles. The van der Waals surface area contributed by atoms with Crippen LogP contribution in [0, 0.1) is 0 Å². The first kappa shape index (κ1) is 18.7. The van der Waals surface area contributed by atoms with Crippen molar-refractivity contribution >= 4 is 28.6 Å². The molecule has 1 fully saturated rings. The van der Waals surface area contributed by atoms with Crippen LogP contribution in [0.5, 0.6) is 0 Å². The molecule has 0 unspecified atom stereocenters. The maximum Gasteiger partial charge on any atom is 0.418 e. The molecule has 0 radical (unpaired) electrons. The first-order valence-electron chi connectivity index (χ1n) is 10.6. The van der Waals surface area contributed by atoms with E-state index < -0.39 is 5.91 Å². The number of nitrogens with zero attached hydrogens (tertiary/aromatic N) is 1. The number of para-hydroxylation sites is 1. The molecule has 154 valence electrons. The molecule has 1 saturated carbocycles. The average Bonchev–Trinajstić information content (AvgIpc) is 3.10. The molecule has 0 bridgehead atoms. The molecule has 1 aliphatic heterocycles. The maximum absolute atomic E-state index is 12.5. The summed E-state index contributed by atoms with van der Waals surface area (Å²) in [5, 5.41) is 4.57. The van der Waals surface area contributed by atoms with E-state index in [1.54, 1.807) is 10.6 Å². The summed E-state index contributed by atoms with van der Waals surface area (Å²) in [6.45, 7) is 0.370. The monoisotopic (exact) mass is 403 g/mol. The highest BCUT2D eigenvalue weighted by molar-refractivity contribution is 6.05. The SMILES string of the molecule is NC(=O)c1ccc(-c2c3n(c4ccccc24)C(=O)OCC3)cc1NC1CCCCC1. The maximum atomic E-state index is 12.5. The van der Waals surface area contributed by atoms with Crippen molar-refractivity contribution in [2.75, 3.05) is 11.9 Å². The Bertz CT molecular complexity index is 1140. The molecular formula is C24H25N3O3. The molecule has 2 aliphatic rings. The van der Waals surface area contributed by atoms with Crippen LogP contribution in [0.3, 0.4) is 0 Å². The van der Waals surface area contributed by atoms with Crippen LogP contribution >= 0.6 is 0 Å². The quantitative estimate of drug-likeness (QED) is 0.661. The molecule has 0 saturated heterocycles. The van der Waals surface area contributed by atoms with Crippen molar-refractivity contribution in [1.29, 1.82) is 0 Å². The van der Waals surface area contributed by atoms with Gasteiger partial charge in [-0.3, -0.25) is 4.79 Å². The van der Waals surface area contributed by atoms with E-state index in [1.807, 2.05) is 36.4 Å². The number of fused-ring (bicyclic) bond motifs is 3. The highest BCUT2D eigenvalue weighted by atomic mass is 16.6. The molecule has 0 atom stereocenters. The Kier molecular flexibility index (Phi) is 4.69. The number of carbonyl (C=O) groups excluding carboxylic acids is 2. The number of nitrogens with two attached hydrogens (primary N) is 1. The first-order valence-corrected chi connectivity index (χ1v) is 10.6. The Morgan fingerprint density at radius 3 is 2.70 bits per heavy atom. The number of primary amides is 1. The zero-order chi connectivity index (χ0) is 20.7. The molecule has 2 aromatic carbocycles. The summed E-state index contributed by atoms with van der Waals surface area (Å²) >= 11 is 0. The van der Waals surface area contributed by atoms with Crippen molar-refractivity contribution in [2.45, 2.75) is 44.6 Å². The smallest absolute Gasteiger partial charge is 0.418 e. The van der Waals surface area contributed by atoms with Crippen LogP contribution in [0.2, 0.25) is 0 Å². The van der Waals surface area contributed by atoms with Gasteiger partial charge in [-0.1, -0.05) is 43.5 Å². The van der Waals surface area contributed by atoms with Crippen LogP contribution in [0.15, 0.2) is 42.5 Å². The minimum Gasteiger partial charge on any atom is -0.448 e. The molecule has 6 nitrogen and oxygen atoms in total. The number of benzene rings is 2. The summed E-state index contributed by atoms with van der Waals surface area (Å²) in [4.78, 5) is 24.6. The number of amides is 1. The normalized spacial score (nSPS) is 16.9. The molecule has 5 rings (SSSR count). The van der Waals surface area contributed by atoms with E-state index in [0.717, 1.165) is 46.3 Å². The zero-order valence-electron chi connectivity index (χ0n) is 16.8. The molecule has 6 heteroatoms. The number of ether oxygens (including phenoxy) is 1. The number of nitrogens with one attached hydrogen (secondary N) is 1. The lowest BCUT2D eigenvalue weighted by molar-refractivity contribution is 0.100. The molecule has 1 amide bonds.